The Morgan fingerprint density at radius 1 is 1.23 bits per heavy atom. The van der Waals surface area contributed by atoms with Gasteiger partial charge in [0.25, 0.3) is 0 Å². The molecular formula is C17H19N3OS. The van der Waals surface area contributed by atoms with Gasteiger partial charge in [0, 0.05) is 34.1 Å². The highest BCUT2D eigenvalue weighted by atomic mass is 32.1. The van der Waals surface area contributed by atoms with Crippen LogP contribution in [0.3, 0.4) is 0 Å². The smallest absolute Gasteiger partial charge is 0.124 e. The van der Waals surface area contributed by atoms with Crippen LogP contribution in [0.4, 0.5) is 0 Å². The van der Waals surface area contributed by atoms with Gasteiger partial charge in [-0.15, -0.1) is 11.3 Å². The third kappa shape index (κ3) is 3.02. The molecule has 0 saturated heterocycles. The summed E-state index contributed by atoms with van der Waals surface area (Å²) in [5.74, 6) is 0. The molecule has 1 N–H and O–H groups in total. The zero-order chi connectivity index (χ0) is 15.5. The number of hydrogen-bond acceptors (Lipinski definition) is 5. The average Bonchev–Trinajstić information content (AvgIpc) is 2.91. The highest BCUT2D eigenvalue weighted by Crippen LogP contribution is 2.37. The third-order valence-corrected chi connectivity index (χ3v) is 4.88. The highest BCUT2D eigenvalue weighted by Gasteiger charge is 2.21. The molecule has 4 nitrogen and oxygen atoms in total. The Morgan fingerprint density at radius 2 is 2.05 bits per heavy atom. The molecule has 0 radical (unpaired) electrons. The van der Waals surface area contributed by atoms with E-state index < -0.39 is 6.10 Å². The van der Waals surface area contributed by atoms with Crippen molar-refractivity contribution in [3.05, 3.63) is 59.0 Å². The predicted octanol–water partition coefficient (Wildman–Crippen LogP) is 2.88. The molecule has 5 heteroatoms. The Morgan fingerprint density at radius 3 is 2.77 bits per heavy atom. The fraction of sp³-hybridized carbons (Fsp3) is 0.294. The second-order valence-corrected chi connectivity index (χ2v) is 6.66. The van der Waals surface area contributed by atoms with Crippen LogP contribution in [0.2, 0.25) is 0 Å². The number of rotatable bonds is 5. The SMILES string of the molecule is CN(C)CCc1sc2ccccc2c1C(O)c1cnccn1. The van der Waals surface area contributed by atoms with Crippen LogP contribution in [0.25, 0.3) is 10.1 Å². The molecule has 3 rings (SSSR count). The van der Waals surface area contributed by atoms with Gasteiger partial charge in [0.1, 0.15) is 6.10 Å². The second-order valence-electron chi connectivity index (χ2n) is 5.52. The van der Waals surface area contributed by atoms with E-state index in [9.17, 15) is 5.11 Å². The summed E-state index contributed by atoms with van der Waals surface area (Å²) in [6.07, 6.45) is 5.05. The van der Waals surface area contributed by atoms with E-state index in [1.165, 1.54) is 9.58 Å². The number of nitrogens with zero attached hydrogens (tertiary/aromatic N) is 3. The van der Waals surface area contributed by atoms with Gasteiger partial charge < -0.3 is 10.0 Å². The lowest BCUT2D eigenvalue weighted by molar-refractivity contribution is 0.215. The van der Waals surface area contributed by atoms with Crippen LogP contribution in [0.5, 0.6) is 0 Å². The molecule has 0 spiro atoms. The summed E-state index contributed by atoms with van der Waals surface area (Å²) in [5.41, 5.74) is 1.57. The maximum atomic E-state index is 10.8. The van der Waals surface area contributed by atoms with Gasteiger partial charge in [-0.2, -0.15) is 0 Å². The Balaban J connectivity index is 2.07. The summed E-state index contributed by atoms with van der Waals surface area (Å²) in [6, 6.07) is 8.22. The van der Waals surface area contributed by atoms with Crippen LogP contribution in [-0.2, 0) is 6.42 Å². The number of aromatic nitrogens is 2. The Kier molecular flexibility index (Phi) is 4.47. The van der Waals surface area contributed by atoms with Crippen molar-refractivity contribution < 1.29 is 5.11 Å². The van der Waals surface area contributed by atoms with Gasteiger partial charge >= 0.3 is 0 Å². The van der Waals surface area contributed by atoms with Gasteiger partial charge in [-0.05, 0) is 32.0 Å². The van der Waals surface area contributed by atoms with Gasteiger partial charge in [0.05, 0.1) is 11.9 Å². The van der Waals surface area contributed by atoms with E-state index in [1.807, 2.05) is 12.1 Å². The fourth-order valence-corrected chi connectivity index (χ4v) is 3.75. The van der Waals surface area contributed by atoms with E-state index in [0.717, 1.165) is 23.9 Å². The first-order valence-electron chi connectivity index (χ1n) is 7.26. The van der Waals surface area contributed by atoms with E-state index in [1.54, 1.807) is 29.9 Å². The first-order valence-corrected chi connectivity index (χ1v) is 8.07. The number of hydrogen-bond donors (Lipinski definition) is 1. The maximum absolute atomic E-state index is 10.8. The van der Waals surface area contributed by atoms with Crippen LogP contribution in [-0.4, -0.2) is 40.6 Å². The fourth-order valence-electron chi connectivity index (χ4n) is 2.53. The van der Waals surface area contributed by atoms with Crippen molar-refractivity contribution in [2.75, 3.05) is 20.6 Å². The topological polar surface area (TPSA) is 49.2 Å². The monoisotopic (exact) mass is 313 g/mol. The zero-order valence-electron chi connectivity index (χ0n) is 12.7. The van der Waals surface area contributed by atoms with Gasteiger partial charge in [-0.25, -0.2) is 0 Å². The van der Waals surface area contributed by atoms with E-state index in [0.29, 0.717) is 5.69 Å². The largest absolute Gasteiger partial charge is 0.382 e. The van der Waals surface area contributed by atoms with Crippen molar-refractivity contribution in [3.8, 4) is 0 Å². The molecule has 0 bridgehead atoms. The van der Waals surface area contributed by atoms with Gasteiger partial charge in [0.2, 0.25) is 0 Å². The molecule has 2 heterocycles. The van der Waals surface area contributed by atoms with E-state index >= 15 is 0 Å². The molecule has 0 saturated carbocycles. The molecule has 0 aliphatic carbocycles. The zero-order valence-corrected chi connectivity index (χ0v) is 13.5. The molecular weight excluding hydrogens is 294 g/mol. The summed E-state index contributed by atoms with van der Waals surface area (Å²) < 4.78 is 1.20. The summed E-state index contributed by atoms with van der Waals surface area (Å²) in [5, 5.41) is 11.9. The number of aliphatic hydroxyl groups is 1. The lowest BCUT2D eigenvalue weighted by Gasteiger charge is -2.14. The molecule has 0 amide bonds. The third-order valence-electron chi connectivity index (χ3n) is 3.63. The number of thiophene rings is 1. The Hall–Kier alpha value is -1.82. The van der Waals surface area contributed by atoms with E-state index in [4.69, 9.17) is 0 Å². The van der Waals surface area contributed by atoms with Gasteiger partial charge in [0.15, 0.2) is 0 Å². The van der Waals surface area contributed by atoms with Gasteiger partial charge in [-0.1, -0.05) is 18.2 Å². The summed E-state index contributed by atoms with van der Waals surface area (Å²) in [4.78, 5) is 11.7. The maximum Gasteiger partial charge on any atom is 0.124 e. The van der Waals surface area contributed by atoms with Crippen LogP contribution in [0.15, 0.2) is 42.9 Å². The lowest BCUT2D eigenvalue weighted by atomic mass is 10.0. The molecule has 1 atom stereocenters. The molecule has 1 unspecified atom stereocenters. The van der Waals surface area contributed by atoms with Crippen LogP contribution >= 0.6 is 11.3 Å². The molecule has 114 valence electrons. The van der Waals surface area contributed by atoms with Crippen molar-refractivity contribution in [2.45, 2.75) is 12.5 Å². The lowest BCUT2D eigenvalue weighted by Crippen LogP contribution is -2.15. The summed E-state index contributed by atoms with van der Waals surface area (Å²) >= 11 is 1.75. The minimum absolute atomic E-state index is 0.595. The standard InChI is InChI=1S/C17H19N3OS/c1-20(2)10-7-15-16(12-5-3-4-6-14(12)22-15)17(21)13-11-18-8-9-19-13/h3-6,8-9,11,17,21H,7,10H2,1-2H3. The van der Waals surface area contributed by atoms with Crippen molar-refractivity contribution in [1.82, 2.24) is 14.9 Å². The van der Waals surface area contributed by atoms with Crippen molar-refractivity contribution in [2.24, 2.45) is 0 Å². The predicted molar refractivity (Wildman–Crippen MR) is 90.2 cm³/mol. The number of aliphatic hydroxyl groups excluding tert-OH is 1. The number of likely N-dealkylation sites (N-methyl/N-ethyl adjacent to an activating group) is 1. The second kappa shape index (κ2) is 6.52. The number of benzene rings is 1. The highest BCUT2D eigenvalue weighted by molar-refractivity contribution is 7.19. The van der Waals surface area contributed by atoms with Crippen molar-refractivity contribution in [1.29, 1.82) is 0 Å². The van der Waals surface area contributed by atoms with Crippen LogP contribution < -0.4 is 0 Å². The molecule has 0 aliphatic heterocycles. The van der Waals surface area contributed by atoms with Crippen molar-refractivity contribution >= 4 is 21.4 Å². The quantitative estimate of drug-likeness (QED) is 0.787. The van der Waals surface area contributed by atoms with Gasteiger partial charge in [-0.3, -0.25) is 9.97 Å². The van der Waals surface area contributed by atoms with E-state index in [2.05, 4.69) is 41.1 Å². The first-order chi connectivity index (χ1) is 10.7. The Bertz CT molecular complexity index is 755. The van der Waals surface area contributed by atoms with Crippen LogP contribution in [0, 0.1) is 0 Å². The van der Waals surface area contributed by atoms with E-state index in [-0.39, 0.29) is 0 Å². The average molecular weight is 313 g/mol. The van der Waals surface area contributed by atoms with Crippen molar-refractivity contribution in [3.63, 3.8) is 0 Å². The first kappa shape index (κ1) is 15.1. The summed E-state index contributed by atoms with van der Waals surface area (Å²) in [7, 11) is 4.12. The minimum Gasteiger partial charge on any atom is -0.382 e. The van der Waals surface area contributed by atoms with Crippen LogP contribution in [0.1, 0.15) is 22.2 Å². The molecule has 0 fully saturated rings. The minimum atomic E-state index is -0.734. The molecule has 22 heavy (non-hydrogen) atoms. The Labute approximate surface area is 134 Å². The molecule has 1 aromatic carbocycles. The number of fused-ring (bicyclic) bond motifs is 1. The normalized spacial score (nSPS) is 12.9. The molecule has 3 aromatic rings. The summed E-state index contributed by atoms with van der Waals surface area (Å²) in [6.45, 7) is 0.951. The molecule has 0 aliphatic rings. The molecule has 2 aromatic heterocycles.